The van der Waals surface area contributed by atoms with Crippen LogP contribution in [0, 0.1) is 18.6 Å². The SMILES string of the molecule is Cc1c(CN)cnn1-c1ccc(F)c(F)c1. The van der Waals surface area contributed by atoms with Crippen molar-refractivity contribution in [3.05, 3.63) is 47.3 Å². The number of halogens is 2. The largest absolute Gasteiger partial charge is 0.326 e. The molecule has 84 valence electrons. The molecule has 0 radical (unpaired) electrons. The van der Waals surface area contributed by atoms with E-state index in [0.717, 1.165) is 23.4 Å². The molecule has 1 aromatic heterocycles. The van der Waals surface area contributed by atoms with Crippen LogP contribution < -0.4 is 5.73 Å². The zero-order valence-electron chi connectivity index (χ0n) is 8.74. The second kappa shape index (κ2) is 4.02. The Kier molecular flexibility index (Phi) is 2.70. The zero-order valence-corrected chi connectivity index (χ0v) is 8.74. The number of hydrogen-bond acceptors (Lipinski definition) is 2. The Balaban J connectivity index is 2.50. The Morgan fingerprint density at radius 2 is 2.06 bits per heavy atom. The minimum absolute atomic E-state index is 0.371. The predicted octanol–water partition coefficient (Wildman–Crippen LogP) is 1.92. The zero-order chi connectivity index (χ0) is 11.7. The van der Waals surface area contributed by atoms with E-state index in [1.165, 1.54) is 10.7 Å². The van der Waals surface area contributed by atoms with Crippen molar-refractivity contribution >= 4 is 0 Å². The molecular weight excluding hydrogens is 212 g/mol. The molecule has 0 fully saturated rings. The van der Waals surface area contributed by atoms with Gasteiger partial charge in [0.2, 0.25) is 0 Å². The molecule has 2 rings (SSSR count). The van der Waals surface area contributed by atoms with Crippen LogP contribution >= 0.6 is 0 Å². The summed E-state index contributed by atoms with van der Waals surface area (Å²) < 4.78 is 27.3. The van der Waals surface area contributed by atoms with E-state index in [-0.39, 0.29) is 0 Å². The smallest absolute Gasteiger partial charge is 0.160 e. The van der Waals surface area contributed by atoms with E-state index in [9.17, 15) is 8.78 Å². The molecule has 0 bridgehead atoms. The molecule has 1 aromatic carbocycles. The molecule has 1 heterocycles. The quantitative estimate of drug-likeness (QED) is 0.845. The lowest BCUT2D eigenvalue weighted by molar-refractivity contribution is 0.507. The van der Waals surface area contributed by atoms with E-state index < -0.39 is 11.6 Å². The maximum atomic E-state index is 13.0. The highest BCUT2D eigenvalue weighted by molar-refractivity contribution is 5.35. The summed E-state index contributed by atoms with van der Waals surface area (Å²) in [5.41, 5.74) is 7.70. The predicted molar refractivity (Wildman–Crippen MR) is 56.1 cm³/mol. The minimum Gasteiger partial charge on any atom is -0.326 e. The first-order chi connectivity index (χ1) is 7.63. The fourth-order valence-electron chi connectivity index (χ4n) is 1.52. The summed E-state index contributed by atoms with van der Waals surface area (Å²) in [4.78, 5) is 0. The van der Waals surface area contributed by atoms with Gasteiger partial charge in [-0.2, -0.15) is 5.10 Å². The highest BCUT2D eigenvalue weighted by Gasteiger charge is 2.09. The Labute approximate surface area is 91.5 Å². The molecule has 0 unspecified atom stereocenters. The summed E-state index contributed by atoms with van der Waals surface area (Å²) in [6.45, 7) is 2.20. The summed E-state index contributed by atoms with van der Waals surface area (Å²) in [7, 11) is 0. The number of aromatic nitrogens is 2. The van der Waals surface area contributed by atoms with E-state index in [0.29, 0.717) is 12.2 Å². The van der Waals surface area contributed by atoms with Gasteiger partial charge in [-0.15, -0.1) is 0 Å². The second-order valence-corrected chi connectivity index (χ2v) is 3.47. The Hall–Kier alpha value is -1.75. The molecule has 0 amide bonds. The molecule has 2 N–H and O–H groups in total. The summed E-state index contributed by atoms with van der Waals surface area (Å²) in [6.07, 6.45) is 1.62. The normalized spacial score (nSPS) is 10.8. The van der Waals surface area contributed by atoms with Crippen molar-refractivity contribution in [2.24, 2.45) is 5.73 Å². The van der Waals surface area contributed by atoms with Gasteiger partial charge in [0, 0.05) is 23.9 Å². The molecule has 2 aromatic rings. The monoisotopic (exact) mass is 223 g/mol. The first kappa shape index (κ1) is 10.8. The van der Waals surface area contributed by atoms with E-state index in [2.05, 4.69) is 5.10 Å². The number of rotatable bonds is 2. The topological polar surface area (TPSA) is 43.8 Å². The van der Waals surface area contributed by atoms with E-state index in [1.54, 1.807) is 6.20 Å². The average Bonchev–Trinajstić information content (AvgIpc) is 2.64. The van der Waals surface area contributed by atoms with Crippen LogP contribution in [0.5, 0.6) is 0 Å². The van der Waals surface area contributed by atoms with Gasteiger partial charge in [0.05, 0.1) is 11.9 Å². The maximum absolute atomic E-state index is 13.0. The van der Waals surface area contributed by atoms with Gasteiger partial charge in [0.25, 0.3) is 0 Å². The molecule has 0 saturated heterocycles. The van der Waals surface area contributed by atoms with Crippen molar-refractivity contribution in [1.82, 2.24) is 9.78 Å². The number of hydrogen-bond donors (Lipinski definition) is 1. The van der Waals surface area contributed by atoms with Gasteiger partial charge in [-0.05, 0) is 19.1 Å². The molecule has 0 aliphatic carbocycles. The second-order valence-electron chi connectivity index (χ2n) is 3.47. The molecule has 5 heteroatoms. The number of nitrogens with zero attached hydrogens (tertiary/aromatic N) is 2. The summed E-state index contributed by atoms with van der Waals surface area (Å²) >= 11 is 0. The Bertz CT molecular complexity index is 520. The van der Waals surface area contributed by atoms with Crippen LogP contribution in [0.25, 0.3) is 5.69 Å². The van der Waals surface area contributed by atoms with Gasteiger partial charge in [0.15, 0.2) is 11.6 Å². The van der Waals surface area contributed by atoms with Gasteiger partial charge in [-0.3, -0.25) is 0 Å². The van der Waals surface area contributed by atoms with Crippen LogP contribution in [0.15, 0.2) is 24.4 Å². The lowest BCUT2D eigenvalue weighted by atomic mass is 10.2. The van der Waals surface area contributed by atoms with E-state index in [4.69, 9.17) is 5.73 Å². The molecule has 0 aliphatic heterocycles. The van der Waals surface area contributed by atoms with Crippen molar-refractivity contribution in [1.29, 1.82) is 0 Å². The molecular formula is C11H11F2N3. The van der Waals surface area contributed by atoms with Crippen LogP contribution in [-0.4, -0.2) is 9.78 Å². The molecule has 0 atom stereocenters. The van der Waals surface area contributed by atoms with Crippen LogP contribution in [0.3, 0.4) is 0 Å². The van der Waals surface area contributed by atoms with Gasteiger partial charge in [0.1, 0.15) is 0 Å². The van der Waals surface area contributed by atoms with E-state index in [1.807, 2.05) is 6.92 Å². The highest BCUT2D eigenvalue weighted by Crippen LogP contribution is 2.16. The molecule has 16 heavy (non-hydrogen) atoms. The van der Waals surface area contributed by atoms with Crippen LogP contribution in [0.4, 0.5) is 8.78 Å². The lowest BCUT2D eigenvalue weighted by Crippen LogP contribution is -2.02. The highest BCUT2D eigenvalue weighted by atomic mass is 19.2. The van der Waals surface area contributed by atoms with Gasteiger partial charge < -0.3 is 5.73 Å². The van der Waals surface area contributed by atoms with Gasteiger partial charge in [-0.1, -0.05) is 0 Å². The van der Waals surface area contributed by atoms with Crippen molar-refractivity contribution in [3.63, 3.8) is 0 Å². The van der Waals surface area contributed by atoms with Crippen LogP contribution in [-0.2, 0) is 6.54 Å². The summed E-state index contributed by atoms with van der Waals surface area (Å²) in [5, 5.41) is 4.08. The fraction of sp³-hybridized carbons (Fsp3) is 0.182. The minimum atomic E-state index is -0.887. The van der Waals surface area contributed by atoms with Crippen LogP contribution in [0.2, 0.25) is 0 Å². The Morgan fingerprint density at radius 3 is 2.62 bits per heavy atom. The molecule has 0 spiro atoms. The third-order valence-corrected chi connectivity index (χ3v) is 2.48. The molecule has 0 saturated carbocycles. The first-order valence-electron chi connectivity index (χ1n) is 4.82. The average molecular weight is 223 g/mol. The van der Waals surface area contributed by atoms with Crippen molar-refractivity contribution in [3.8, 4) is 5.69 Å². The standard InChI is InChI=1S/C11H11F2N3/c1-7-8(5-14)6-15-16(7)9-2-3-10(12)11(13)4-9/h2-4,6H,5,14H2,1H3. The lowest BCUT2D eigenvalue weighted by Gasteiger charge is -2.05. The first-order valence-corrected chi connectivity index (χ1v) is 4.82. The molecule has 3 nitrogen and oxygen atoms in total. The third-order valence-electron chi connectivity index (χ3n) is 2.48. The third kappa shape index (κ3) is 1.69. The summed E-state index contributed by atoms with van der Waals surface area (Å²) in [5.74, 6) is -1.76. The fourth-order valence-corrected chi connectivity index (χ4v) is 1.52. The van der Waals surface area contributed by atoms with Crippen molar-refractivity contribution < 1.29 is 8.78 Å². The van der Waals surface area contributed by atoms with Crippen LogP contribution in [0.1, 0.15) is 11.3 Å². The van der Waals surface area contributed by atoms with E-state index >= 15 is 0 Å². The summed E-state index contributed by atoms with van der Waals surface area (Å²) in [6, 6.07) is 3.66. The number of nitrogens with two attached hydrogens (primary N) is 1. The van der Waals surface area contributed by atoms with Crippen molar-refractivity contribution in [2.75, 3.05) is 0 Å². The van der Waals surface area contributed by atoms with Gasteiger partial charge >= 0.3 is 0 Å². The molecule has 0 aliphatic rings. The van der Waals surface area contributed by atoms with Gasteiger partial charge in [-0.25, -0.2) is 13.5 Å². The maximum Gasteiger partial charge on any atom is 0.160 e. The number of benzene rings is 1. The Morgan fingerprint density at radius 1 is 1.31 bits per heavy atom. The van der Waals surface area contributed by atoms with Crippen molar-refractivity contribution in [2.45, 2.75) is 13.5 Å².